The zero-order valence-electron chi connectivity index (χ0n) is 10.4. The first-order chi connectivity index (χ1) is 7.70. The average Bonchev–Trinajstić information content (AvgIpc) is 2.36. The van der Waals surface area contributed by atoms with Gasteiger partial charge >= 0.3 is 0 Å². The van der Waals surface area contributed by atoms with Gasteiger partial charge in [0.1, 0.15) is 0 Å². The molecule has 1 aromatic rings. The molecule has 1 rings (SSSR count). The normalized spacial score (nSPS) is 11.7. The summed E-state index contributed by atoms with van der Waals surface area (Å²) in [4.78, 5) is 0. The van der Waals surface area contributed by atoms with Gasteiger partial charge in [0, 0.05) is 5.54 Å². The second-order valence-electron chi connectivity index (χ2n) is 4.36. The Balaban J connectivity index is 2.22. The number of hydrogen-bond acceptors (Lipinski definition) is 2. The van der Waals surface area contributed by atoms with Crippen LogP contribution < -0.4 is 5.73 Å². The van der Waals surface area contributed by atoms with Crippen LogP contribution in [0.25, 0.3) is 0 Å². The van der Waals surface area contributed by atoms with Crippen LogP contribution in [0.4, 0.5) is 0 Å². The van der Waals surface area contributed by atoms with Gasteiger partial charge in [-0.25, -0.2) is 0 Å². The fraction of sp³-hybridized carbons (Fsp3) is 0.571. The van der Waals surface area contributed by atoms with E-state index in [2.05, 4.69) is 38.1 Å². The van der Waals surface area contributed by atoms with E-state index in [1.54, 1.807) is 0 Å². The van der Waals surface area contributed by atoms with Crippen molar-refractivity contribution < 1.29 is 4.74 Å². The van der Waals surface area contributed by atoms with Crippen LogP contribution in [-0.4, -0.2) is 18.8 Å². The molecular formula is C14H23NO. The van der Waals surface area contributed by atoms with Gasteiger partial charge in [0.15, 0.2) is 0 Å². The Hall–Kier alpha value is -0.860. The molecule has 0 bridgehead atoms. The monoisotopic (exact) mass is 221 g/mol. The lowest BCUT2D eigenvalue weighted by molar-refractivity contribution is 0.0831. The van der Waals surface area contributed by atoms with E-state index >= 15 is 0 Å². The molecule has 1 aromatic carbocycles. The van der Waals surface area contributed by atoms with Crippen molar-refractivity contribution in [2.24, 2.45) is 5.73 Å². The molecule has 0 fully saturated rings. The minimum Gasteiger partial charge on any atom is -0.379 e. The molecule has 16 heavy (non-hydrogen) atoms. The summed E-state index contributed by atoms with van der Waals surface area (Å²) < 4.78 is 5.66. The van der Waals surface area contributed by atoms with Gasteiger partial charge < -0.3 is 10.5 Å². The summed E-state index contributed by atoms with van der Waals surface area (Å²) in [6, 6.07) is 10.4. The van der Waals surface area contributed by atoms with Gasteiger partial charge in [-0.1, -0.05) is 44.2 Å². The highest BCUT2D eigenvalue weighted by Crippen LogP contribution is 2.11. The van der Waals surface area contributed by atoms with Crippen LogP contribution in [0.15, 0.2) is 30.3 Å². The van der Waals surface area contributed by atoms with Crippen LogP contribution in [0.3, 0.4) is 0 Å². The van der Waals surface area contributed by atoms with Crippen molar-refractivity contribution in [3.63, 3.8) is 0 Å². The molecule has 0 unspecified atom stereocenters. The molecule has 0 spiro atoms. The highest BCUT2D eigenvalue weighted by molar-refractivity contribution is 5.14. The van der Waals surface area contributed by atoms with Crippen LogP contribution in [0.1, 0.15) is 32.3 Å². The Bertz CT molecular complexity index is 280. The molecule has 0 atom stereocenters. The largest absolute Gasteiger partial charge is 0.379 e. The summed E-state index contributed by atoms with van der Waals surface area (Å²) in [5.41, 5.74) is 7.33. The summed E-state index contributed by atoms with van der Waals surface area (Å²) >= 11 is 0. The molecule has 0 aliphatic heterocycles. The van der Waals surface area contributed by atoms with Crippen LogP contribution in [0, 0.1) is 0 Å². The quantitative estimate of drug-likeness (QED) is 0.719. The maximum atomic E-state index is 6.15. The van der Waals surface area contributed by atoms with E-state index in [-0.39, 0.29) is 5.54 Å². The van der Waals surface area contributed by atoms with Gasteiger partial charge in [0.25, 0.3) is 0 Å². The van der Waals surface area contributed by atoms with Gasteiger partial charge in [-0.2, -0.15) is 0 Å². The average molecular weight is 221 g/mol. The van der Waals surface area contributed by atoms with E-state index in [0.29, 0.717) is 6.61 Å². The molecule has 0 heterocycles. The van der Waals surface area contributed by atoms with E-state index < -0.39 is 0 Å². The molecular weight excluding hydrogens is 198 g/mol. The fourth-order valence-electron chi connectivity index (χ4n) is 1.56. The summed E-state index contributed by atoms with van der Waals surface area (Å²) in [7, 11) is 0. The predicted molar refractivity (Wildman–Crippen MR) is 68.5 cm³/mol. The van der Waals surface area contributed by atoms with E-state index in [9.17, 15) is 0 Å². The highest BCUT2D eigenvalue weighted by atomic mass is 16.5. The molecule has 0 radical (unpaired) electrons. The van der Waals surface area contributed by atoms with Gasteiger partial charge in [-0.3, -0.25) is 0 Å². The number of benzene rings is 1. The molecule has 0 aliphatic rings. The van der Waals surface area contributed by atoms with Gasteiger partial charge in [-0.05, 0) is 24.8 Å². The first kappa shape index (κ1) is 13.2. The number of nitrogens with two attached hydrogens (primary N) is 1. The second-order valence-corrected chi connectivity index (χ2v) is 4.36. The Labute approximate surface area is 98.8 Å². The number of ether oxygens (including phenoxy) is 1. The van der Waals surface area contributed by atoms with E-state index in [4.69, 9.17) is 10.5 Å². The minimum absolute atomic E-state index is 0.142. The fourth-order valence-corrected chi connectivity index (χ4v) is 1.56. The molecule has 0 saturated heterocycles. The summed E-state index contributed by atoms with van der Waals surface area (Å²) in [5, 5.41) is 0. The van der Waals surface area contributed by atoms with Gasteiger partial charge in [0.2, 0.25) is 0 Å². The maximum Gasteiger partial charge on any atom is 0.0646 e. The second kappa shape index (κ2) is 6.66. The topological polar surface area (TPSA) is 35.2 Å². The first-order valence-electron chi connectivity index (χ1n) is 6.11. The van der Waals surface area contributed by atoms with E-state index in [1.807, 2.05) is 6.07 Å². The van der Waals surface area contributed by atoms with Crippen molar-refractivity contribution in [1.29, 1.82) is 0 Å². The van der Waals surface area contributed by atoms with Crippen molar-refractivity contribution in [1.82, 2.24) is 0 Å². The van der Waals surface area contributed by atoms with Gasteiger partial charge in [-0.15, -0.1) is 0 Å². The number of rotatable bonds is 7. The molecule has 90 valence electrons. The zero-order valence-corrected chi connectivity index (χ0v) is 10.4. The minimum atomic E-state index is -0.142. The van der Waals surface area contributed by atoms with Crippen molar-refractivity contribution in [3.8, 4) is 0 Å². The Morgan fingerprint density at radius 2 is 1.75 bits per heavy atom. The highest BCUT2D eigenvalue weighted by Gasteiger charge is 2.19. The van der Waals surface area contributed by atoms with Crippen LogP contribution in [0.2, 0.25) is 0 Å². The number of hydrogen-bond donors (Lipinski definition) is 1. The summed E-state index contributed by atoms with van der Waals surface area (Å²) in [6.07, 6.45) is 2.90. The lowest BCUT2D eigenvalue weighted by Crippen LogP contribution is -2.43. The Kier molecular flexibility index (Phi) is 5.50. The standard InChI is InChI=1S/C14H23NO/c1-3-14(15,4-2)12-16-11-10-13-8-6-5-7-9-13/h5-9H,3-4,10-12,15H2,1-2H3. The van der Waals surface area contributed by atoms with E-state index in [0.717, 1.165) is 25.9 Å². The Morgan fingerprint density at radius 3 is 2.31 bits per heavy atom. The molecule has 2 heteroatoms. The molecule has 0 aromatic heterocycles. The van der Waals surface area contributed by atoms with E-state index in [1.165, 1.54) is 5.56 Å². The third-order valence-electron chi connectivity index (χ3n) is 3.18. The van der Waals surface area contributed by atoms with Crippen LogP contribution in [-0.2, 0) is 11.2 Å². The molecule has 2 nitrogen and oxygen atoms in total. The lowest BCUT2D eigenvalue weighted by Gasteiger charge is -2.26. The van der Waals surface area contributed by atoms with Crippen molar-refractivity contribution in [3.05, 3.63) is 35.9 Å². The SMILES string of the molecule is CCC(N)(CC)COCCc1ccccc1. The van der Waals surface area contributed by atoms with Crippen LogP contribution in [0.5, 0.6) is 0 Å². The molecule has 0 aliphatic carbocycles. The maximum absolute atomic E-state index is 6.15. The molecule has 0 saturated carbocycles. The summed E-state index contributed by atoms with van der Waals surface area (Å²) in [5.74, 6) is 0. The third-order valence-corrected chi connectivity index (χ3v) is 3.18. The Morgan fingerprint density at radius 1 is 1.12 bits per heavy atom. The lowest BCUT2D eigenvalue weighted by atomic mass is 9.96. The predicted octanol–water partition coefficient (Wildman–Crippen LogP) is 2.76. The summed E-state index contributed by atoms with van der Waals surface area (Å²) in [6.45, 7) is 5.64. The smallest absolute Gasteiger partial charge is 0.0646 e. The zero-order chi connectivity index (χ0) is 11.9. The van der Waals surface area contributed by atoms with Crippen molar-refractivity contribution >= 4 is 0 Å². The van der Waals surface area contributed by atoms with Crippen molar-refractivity contribution in [2.45, 2.75) is 38.6 Å². The third kappa shape index (κ3) is 4.33. The first-order valence-corrected chi connectivity index (χ1v) is 6.11. The van der Waals surface area contributed by atoms with Gasteiger partial charge in [0.05, 0.1) is 13.2 Å². The van der Waals surface area contributed by atoms with Crippen molar-refractivity contribution in [2.75, 3.05) is 13.2 Å². The van der Waals surface area contributed by atoms with Crippen LogP contribution >= 0.6 is 0 Å². The molecule has 2 N–H and O–H groups in total. The molecule has 0 amide bonds.